The molecule has 1 aromatic rings. The third kappa shape index (κ3) is 2.04. The van der Waals surface area contributed by atoms with Crippen LogP contribution in [-0.2, 0) is 4.74 Å². The van der Waals surface area contributed by atoms with Gasteiger partial charge in [0.1, 0.15) is 0 Å². The van der Waals surface area contributed by atoms with Crippen LogP contribution < -0.4 is 9.64 Å². The van der Waals surface area contributed by atoms with Gasteiger partial charge >= 0.3 is 0 Å². The van der Waals surface area contributed by atoms with Gasteiger partial charge in [0.15, 0.2) is 11.6 Å². The minimum absolute atomic E-state index is 0.290. The Labute approximate surface area is 88.4 Å². The van der Waals surface area contributed by atoms with Gasteiger partial charge in [0, 0.05) is 13.1 Å². The maximum Gasteiger partial charge on any atom is 0.188 e. The van der Waals surface area contributed by atoms with Crippen molar-refractivity contribution in [3.8, 4) is 5.75 Å². The van der Waals surface area contributed by atoms with Crippen LogP contribution in [0.15, 0.2) is 18.2 Å². The molecule has 0 atom stereocenters. The number of morpholine rings is 1. The highest BCUT2D eigenvalue weighted by Gasteiger charge is 2.17. The molecule has 0 saturated carbocycles. The molecule has 3 nitrogen and oxygen atoms in total. The first kappa shape index (κ1) is 10.2. The standard InChI is InChI=1S/C11H14FNO2/c1-14-10-4-2-3-9(11(10)12)13-5-7-15-8-6-13/h2-4H,5-8H2,1H3. The van der Waals surface area contributed by atoms with Crippen LogP contribution in [0.25, 0.3) is 0 Å². The van der Waals surface area contributed by atoms with E-state index in [9.17, 15) is 4.39 Å². The maximum absolute atomic E-state index is 13.8. The van der Waals surface area contributed by atoms with Crippen LogP contribution in [0, 0.1) is 5.82 Å². The first-order valence-corrected chi connectivity index (χ1v) is 4.98. The Kier molecular flexibility index (Phi) is 3.06. The summed E-state index contributed by atoms with van der Waals surface area (Å²) in [6.07, 6.45) is 0. The van der Waals surface area contributed by atoms with Gasteiger partial charge in [0.05, 0.1) is 26.0 Å². The molecule has 0 aliphatic carbocycles. The second-order valence-electron chi connectivity index (χ2n) is 3.39. The van der Waals surface area contributed by atoms with Crippen molar-refractivity contribution in [1.82, 2.24) is 0 Å². The van der Waals surface area contributed by atoms with E-state index in [-0.39, 0.29) is 5.82 Å². The molecule has 1 heterocycles. The summed E-state index contributed by atoms with van der Waals surface area (Å²) in [5.41, 5.74) is 0.595. The van der Waals surface area contributed by atoms with Gasteiger partial charge < -0.3 is 14.4 Å². The maximum atomic E-state index is 13.8. The van der Waals surface area contributed by atoms with Crippen molar-refractivity contribution >= 4 is 5.69 Å². The molecule has 1 aliphatic rings. The Morgan fingerprint density at radius 2 is 2.07 bits per heavy atom. The smallest absolute Gasteiger partial charge is 0.188 e. The lowest BCUT2D eigenvalue weighted by Gasteiger charge is -2.29. The lowest BCUT2D eigenvalue weighted by molar-refractivity contribution is 0.122. The third-order valence-corrected chi connectivity index (χ3v) is 2.51. The van der Waals surface area contributed by atoms with Gasteiger partial charge in [-0.1, -0.05) is 6.07 Å². The van der Waals surface area contributed by atoms with Gasteiger partial charge in [0.25, 0.3) is 0 Å². The van der Waals surface area contributed by atoms with Crippen LogP contribution in [-0.4, -0.2) is 33.4 Å². The first-order chi connectivity index (χ1) is 7.33. The Bertz CT molecular complexity index is 337. The van der Waals surface area contributed by atoms with Gasteiger partial charge in [-0.3, -0.25) is 0 Å². The van der Waals surface area contributed by atoms with Crippen molar-refractivity contribution in [2.45, 2.75) is 0 Å². The van der Waals surface area contributed by atoms with Crippen LogP contribution in [0.4, 0.5) is 10.1 Å². The highest BCUT2D eigenvalue weighted by atomic mass is 19.1. The highest BCUT2D eigenvalue weighted by molar-refractivity contribution is 5.52. The van der Waals surface area contributed by atoms with Gasteiger partial charge in [-0.05, 0) is 12.1 Å². The molecule has 0 radical (unpaired) electrons. The lowest BCUT2D eigenvalue weighted by atomic mass is 10.2. The number of ether oxygens (including phenoxy) is 2. The predicted molar refractivity (Wildman–Crippen MR) is 56.0 cm³/mol. The number of hydrogen-bond acceptors (Lipinski definition) is 3. The molecule has 0 bridgehead atoms. The summed E-state index contributed by atoms with van der Waals surface area (Å²) in [4.78, 5) is 1.97. The second-order valence-corrected chi connectivity index (χ2v) is 3.39. The highest BCUT2D eigenvalue weighted by Crippen LogP contribution is 2.27. The number of benzene rings is 1. The van der Waals surface area contributed by atoms with E-state index in [2.05, 4.69) is 0 Å². The van der Waals surface area contributed by atoms with Crippen LogP contribution in [0.1, 0.15) is 0 Å². The van der Waals surface area contributed by atoms with Crippen LogP contribution in [0.2, 0.25) is 0 Å². The van der Waals surface area contributed by atoms with Crippen LogP contribution in [0.5, 0.6) is 5.75 Å². The van der Waals surface area contributed by atoms with Crippen molar-refractivity contribution in [1.29, 1.82) is 0 Å². The average Bonchev–Trinajstić information content (AvgIpc) is 2.30. The van der Waals surface area contributed by atoms with Gasteiger partial charge in [0.2, 0.25) is 0 Å². The summed E-state index contributed by atoms with van der Waals surface area (Å²) in [6, 6.07) is 5.19. The molecule has 2 rings (SSSR count). The van der Waals surface area contributed by atoms with Crippen molar-refractivity contribution in [2.24, 2.45) is 0 Å². The van der Waals surface area contributed by atoms with Gasteiger partial charge in [-0.15, -0.1) is 0 Å². The summed E-state index contributed by atoms with van der Waals surface area (Å²) in [6.45, 7) is 2.75. The monoisotopic (exact) mass is 211 g/mol. The molecule has 1 aromatic carbocycles. The Morgan fingerprint density at radius 1 is 1.33 bits per heavy atom. The van der Waals surface area contributed by atoms with E-state index in [4.69, 9.17) is 9.47 Å². The third-order valence-electron chi connectivity index (χ3n) is 2.51. The van der Waals surface area contributed by atoms with Crippen molar-refractivity contribution in [3.63, 3.8) is 0 Å². The fourth-order valence-corrected chi connectivity index (χ4v) is 1.71. The Hall–Kier alpha value is -1.29. The summed E-state index contributed by atoms with van der Waals surface area (Å²) in [5.74, 6) is 0.000826. The Balaban J connectivity index is 2.26. The van der Waals surface area contributed by atoms with E-state index < -0.39 is 0 Å². The van der Waals surface area contributed by atoms with Crippen molar-refractivity contribution < 1.29 is 13.9 Å². The molecular formula is C11H14FNO2. The molecule has 0 spiro atoms. The minimum Gasteiger partial charge on any atom is -0.494 e. The fourth-order valence-electron chi connectivity index (χ4n) is 1.71. The quantitative estimate of drug-likeness (QED) is 0.742. The number of anilines is 1. The van der Waals surface area contributed by atoms with Gasteiger partial charge in [-0.2, -0.15) is 0 Å². The zero-order valence-corrected chi connectivity index (χ0v) is 8.70. The van der Waals surface area contributed by atoms with Crippen LogP contribution in [0.3, 0.4) is 0 Å². The number of methoxy groups -OCH3 is 1. The zero-order valence-electron chi connectivity index (χ0n) is 8.70. The number of hydrogen-bond donors (Lipinski definition) is 0. The molecular weight excluding hydrogens is 197 g/mol. The van der Waals surface area contributed by atoms with Crippen molar-refractivity contribution in [3.05, 3.63) is 24.0 Å². The fraction of sp³-hybridized carbons (Fsp3) is 0.455. The molecule has 1 saturated heterocycles. The molecule has 0 unspecified atom stereocenters. The molecule has 82 valence electrons. The normalized spacial score (nSPS) is 16.5. The predicted octanol–water partition coefficient (Wildman–Crippen LogP) is 1.67. The molecule has 0 N–H and O–H groups in total. The summed E-state index contributed by atoms with van der Waals surface area (Å²) in [5, 5.41) is 0. The SMILES string of the molecule is COc1cccc(N2CCOCC2)c1F. The van der Waals surface area contributed by atoms with E-state index in [1.54, 1.807) is 18.2 Å². The van der Waals surface area contributed by atoms with E-state index in [1.165, 1.54) is 7.11 Å². The second kappa shape index (κ2) is 4.49. The molecule has 0 amide bonds. The van der Waals surface area contributed by atoms with Crippen molar-refractivity contribution in [2.75, 3.05) is 38.3 Å². The molecule has 1 fully saturated rings. The number of halogens is 1. The molecule has 0 aromatic heterocycles. The van der Waals surface area contributed by atoms with E-state index in [1.807, 2.05) is 4.90 Å². The van der Waals surface area contributed by atoms with E-state index in [0.29, 0.717) is 24.7 Å². The summed E-state index contributed by atoms with van der Waals surface area (Å²) < 4.78 is 24.0. The van der Waals surface area contributed by atoms with Gasteiger partial charge in [-0.25, -0.2) is 4.39 Å². The largest absolute Gasteiger partial charge is 0.494 e. The van der Waals surface area contributed by atoms with E-state index in [0.717, 1.165) is 13.1 Å². The lowest BCUT2D eigenvalue weighted by Crippen LogP contribution is -2.36. The molecule has 15 heavy (non-hydrogen) atoms. The first-order valence-electron chi connectivity index (χ1n) is 4.98. The topological polar surface area (TPSA) is 21.7 Å². The zero-order chi connectivity index (χ0) is 10.7. The van der Waals surface area contributed by atoms with Crippen LogP contribution >= 0.6 is 0 Å². The Morgan fingerprint density at radius 3 is 2.73 bits per heavy atom. The number of nitrogens with zero attached hydrogens (tertiary/aromatic N) is 1. The average molecular weight is 211 g/mol. The number of rotatable bonds is 2. The molecule has 1 aliphatic heterocycles. The summed E-state index contributed by atoms with van der Waals surface area (Å²) in [7, 11) is 1.47. The summed E-state index contributed by atoms with van der Waals surface area (Å²) >= 11 is 0. The molecule has 4 heteroatoms. The van der Waals surface area contributed by atoms with E-state index >= 15 is 0 Å². The minimum atomic E-state index is -0.290.